The second-order valence-corrected chi connectivity index (χ2v) is 6.12. The Labute approximate surface area is 131 Å². The van der Waals surface area contributed by atoms with Crippen LogP contribution in [0.5, 0.6) is 0 Å². The Kier molecular flexibility index (Phi) is 6.41. The second-order valence-electron chi connectivity index (χ2n) is 2.17. The fraction of sp³-hybridized carbons (Fsp3) is 0. The molecular formula is C6H4Br3NaO3S. The Morgan fingerprint density at radius 1 is 1.07 bits per heavy atom. The van der Waals surface area contributed by atoms with E-state index in [1.807, 2.05) is 0 Å². The van der Waals surface area contributed by atoms with E-state index in [4.69, 9.17) is 4.55 Å². The third-order valence-electron chi connectivity index (χ3n) is 1.25. The van der Waals surface area contributed by atoms with Gasteiger partial charge in [0.2, 0.25) is 0 Å². The van der Waals surface area contributed by atoms with E-state index in [0.717, 1.165) is 0 Å². The summed E-state index contributed by atoms with van der Waals surface area (Å²) < 4.78 is 32.0. The number of hydrogen-bond acceptors (Lipinski definition) is 2. The molecule has 0 spiro atoms. The fourth-order valence-corrected chi connectivity index (χ4v) is 3.38. The van der Waals surface area contributed by atoms with Gasteiger partial charge in [-0.15, -0.1) is 0 Å². The van der Waals surface area contributed by atoms with Gasteiger partial charge in [0.05, 0.1) is 0 Å². The molecule has 1 aromatic rings. The third kappa shape index (κ3) is 3.86. The van der Waals surface area contributed by atoms with Gasteiger partial charge in [0.25, 0.3) is 10.1 Å². The molecule has 0 saturated heterocycles. The molecule has 3 nitrogen and oxygen atoms in total. The monoisotopic (exact) mass is 416 g/mol. The van der Waals surface area contributed by atoms with Crippen LogP contribution in [0.2, 0.25) is 0 Å². The first-order valence-electron chi connectivity index (χ1n) is 2.94. The topological polar surface area (TPSA) is 54.4 Å². The van der Waals surface area contributed by atoms with Gasteiger partial charge in [-0.2, -0.15) is 8.42 Å². The van der Waals surface area contributed by atoms with Gasteiger partial charge in [0.15, 0.2) is 0 Å². The molecule has 1 aromatic carbocycles. The van der Waals surface area contributed by atoms with Crippen molar-refractivity contribution in [1.29, 1.82) is 0 Å². The molecule has 8 heteroatoms. The van der Waals surface area contributed by atoms with Crippen LogP contribution in [0.3, 0.4) is 0 Å². The van der Waals surface area contributed by atoms with Crippen LogP contribution in [0.1, 0.15) is 1.43 Å². The van der Waals surface area contributed by atoms with Gasteiger partial charge in [-0.1, -0.05) is 0 Å². The summed E-state index contributed by atoms with van der Waals surface area (Å²) in [6.07, 6.45) is 0. The van der Waals surface area contributed by atoms with Crippen LogP contribution in [0.25, 0.3) is 0 Å². The van der Waals surface area contributed by atoms with Crippen LogP contribution < -0.4 is 29.6 Å². The molecule has 0 radical (unpaired) electrons. The van der Waals surface area contributed by atoms with Crippen molar-refractivity contribution in [2.24, 2.45) is 0 Å². The molecule has 14 heavy (non-hydrogen) atoms. The van der Waals surface area contributed by atoms with Gasteiger partial charge < -0.3 is 1.43 Å². The first kappa shape index (κ1) is 15.6. The smallest absolute Gasteiger partial charge is 1.00 e. The first-order chi connectivity index (χ1) is 5.82. The fourth-order valence-electron chi connectivity index (χ4n) is 0.702. The molecule has 0 atom stereocenters. The van der Waals surface area contributed by atoms with E-state index < -0.39 is 10.1 Å². The van der Waals surface area contributed by atoms with Crippen molar-refractivity contribution in [3.63, 3.8) is 0 Å². The maximum absolute atomic E-state index is 10.8. The van der Waals surface area contributed by atoms with Crippen LogP contribution in [0, 0.1) is 0 Å². The average molecular weight is 419 g/mol. The van der Waals surface area contributed by atoms with Crippen LogP contribution in [0.4, 0.5) is 0 Å². The van der Waals surface area contributed by atoms with E-state index in [2.05, 4.69) is 47.8 Å². The van der Waals surface area contributed by atoms with Gasteiger partial charge in [-0.3, -0.25) is 4.55 Å². The molecule has 0 heterocycles. The van der Waals surface area contributed by atoms with Gasteiger partial charge in [0, 0.05) is 13.4 Å². The summed E-state index contributed by atoms with van der Waals surface area (Å²) >= 11 is 9.35. The summed E-state index contributed by atoms with van der Waals surface area (Å²) in [5.74, 6) is 0. The van der Waals surface area contributed by atoms with Crippen LogP contribution in [-0.4, -0.2) is 13.0 Å². The van der Waals surface area contributed by atoms with Crippen molar-refractivity contribution < 1.29 is 44.0 Å². The summed E-state index contributed by atoms with van der Waals surface area (Å²) in [6, 6.07) is 2.84. The minimum Gasteiger partial charge on any atom is -1.00 e. The number of rotatable bonds is 1. The minimum absolute atomic E-state index is 0. The molecule has 0 bridgehead atoms. The maximum Gasteiger partial charge on any atom is 1.00 e. The summed E-state index contributed by atoms with van der Waals surface area (Å²) in [4.78, 5) is -0.164. The van der Waals surface area contributed by atoms with Crippen molar-refractivity contribution in [1.82, 2.24) is 0 Å². The molecule has 1 N–H and O–H groups in total. The van der Waals surface area contributed by atoms with Crippen molar-refractivity contribution >= 4 is 57.9 Å². The van der Waals surface area contributed by atoms with Gasteiger partial charge in [-0.05, 0) is 59.9 Å². The Bertz CT molecular complexity index is 451. The van der Waals surface area contributed by atoms with Crippen molar-refractivity contribution in [3.8, 4) is 0 Å². The number of halogens is 3. The Morgan fingerprint density at radius 2 is 1.50 bits per heavy atom. The van der Waals surface area contributed by atoms with Crippen molar-refractivity contribution in [2.75, 3.05) is 0 Å². The van der Waals surface area contributed by atoms with E-state index in [0.29, 0.717) is 13.4 Å². The average Bonchev–Trinajstić information content (AvgIpc) is 1.94. The quantitative estimate of drug-likeness (QED) is 0.406. The van der Waals surface area contributed by atoms with E-state index in [9.17, 15) is 8.42 Å². The molecule has 0 saturated carbocycles. The van der Waals surface area contributed by atoms with E-state index in [1.165, 1.54) is 12.1 Å². The van der Waals surface area contributed by atoms with Crippen LogP contribution in [0.15, 0.2) is 30.4 Å². The van der Waals surface area contributed by atoms with Crippen molar-refractivity contribution in [2.45, 2.75) is 4.90 Å². The molecule has 74 valence electrons. The second kappa shape index (κ2) is 5.77. The summed E-state index contributed by atoms with van der Waals surface area (Å²) in [5.41, 5.74) is 0. The largest absolute Gasteiger partial charge is 1.00 e. The summed E-state index contributed by atoms with van der Waals surface area (Å²) in [6.45, 7) is 0. The first-order valence-corrected chi connectivity index (χ1v) is 6.76. The zero-order valence-corrected chi connectivity index (χ0v) is 14.5. The summed E-state index contributed by atoms with van der Waals surface area (Å²) in [7, 11) is -4.17. The number of hydrogen-bond donors (Lipinski definition) is 1. The maximum atomic E-state index is 10.8. The van der Waals surface area contributed by atoms with Gasteiger partial charge in [-0.25, -0.2) is 0 Å². The van der Waals surface area contributed by atoms with Gasteiger partial charge in [0.1, 0.15) is 4.90 Å². The Balaban J connectivity index is 0. The molecule has 0 amide bonds. The molecule has 1 rings (SSSR count). The number of benzene rings is 1. The molecule has 0 fully saturated rings. The van der Waals surface area contributed by atoms with E-state index >= 15 is 0 Å². The molecule has 0 aliphatic heterocycles. The molecule has 0 aliphatic rings. The molecular weight excluding hydrogens is 415 g/mol. The Morgan fingerprint density at radius 3 is 1.93 bits per heavy atom. The normalized spacial score (nSPS) is 10.9. The van der Waals surface area contributed by atoms with Crippen molar-refractivity contribution in [3.05, 3.63) is 25.6 Å². The summed E-state index contributed by atoms with van der Waals surface area (Å²) in [5, 5.41) is 0. The standard InChI is InChI=1S/C6H3Br3O3S.Na.H/c7-3-1-5(9)6(2-4(3)8)13(10,11)12;;/h1-2H,(H,10,11,12);;/q;+1;-1. The van der Waals surface area contributed by atoms with E-state index in [-0.39, 0.29) is 35.9 Å². The molecule has 0 aliphatic carbocycles. The third-order valence-corrected chi connectivity index (χ3v) is 4.91. The van der Waals surface area contributed by atoms with Gasteiger partial charge >= 0.3 is 29.6 Å². The van der Waals surface area contributed by atoms with Crippen LogP contribution in [-0.2, 0) is 10.1 Å². The minimum atomic E-state index is -4.17. The van der Waals surface area contributed by atoms with E-state index in [1.54, 1.807) is 0 Å². The molecule has 0 aromatic heterocycles. The Hall–Kier alpha value is 1.57. The predicted octanol–water partition coefficient (Wildman–Crippen LogP) is 0.337. The molecule has 0 unspecified atom stereocenters. The van der Waals surface area contributed by atoms with Crippen LogP contribution >= 0.6 is 47.8 Å². The SMILES string of the molecule is O=S(=O)(O)c1cc(Br)c(Br)cc1Br.[H-].[Na+]. The zero-order valence-electron chi connectivity index (χ0n) is 7.96. The zero-order chi connectivity index (χ0) is 10.2. The predicted molar refractivity (Wildman–Crippen MR) is 60.5 cm³/mol.